The molecule has 8 nitrogen and oxygen atoms in total. The van der Waals surface area contributed by atoms with E-state index in [1.807, 2.05) is 13.0 Å². The molecule has 27 heavy (non-hydrogen) atoms. The first-order valence-corrected chi connectivity index (χ1v) is 10.4. The molecule has 1 amide bonds. The third kappa shape index (κ3) is 4.12. The Morgan fingerprint density at radius 3 is 2.67 bits per heavy atom. The third-order valence-corrected chi connectivity index (χ3v) is 6.56. The summed E-state index contributed by atoms with van der Waals surface area (Å²) in [6.45, 7) is 3.59. The number of hydrogen-bond acceptors (Lipinski definition) is 6. The summed E-state index contributed by atoms with van der Waals surface area (Å²) >= 11 is 1.37. The molecule has 3 heterocycles. The Morgan fingerprint density at radius 1 is 1.30 bits per heavy atom. The summed E-state index contributed by atoms with van der Waals surface area (Å²) in [5.41, 5.74) is 1.61. The predicted octanol–water partition coefficient (Wildman–Crippen LogP) is 2.53. The van der Waals surface area contributed by atoms with Crippen LogP contribution in [0.4, 0.5) is 0 Å². The first-order valence-electron chi connectivity index (χ1n) is 8.10. The highest BCUT2D eigenvalue weighted by Crippen LogP contribution is 2.32. The highest BCUT2D eigenvalue weighted by Gasteiger charge is 2.22. The molecule has 0 saturated heterocycles. The zero-order valence-electron chi connectivity index (χ0n) is 15.4. The summed E-state index contributed by atoms with van der Waals surface area (Å²) in [5, 5.41) is 7.02. The van der Waals surface area contributed by atoms with Gasteiger partial charge in [-0.05, 0) is 38.1 Å². The third-order valence-electron chi connectivity index (χ3n) is 3.84. The number of aryl methyl sites for hydroxylation is 2. The smallest absolute Gasteiger partial charge is 0.289 e. The first kappa shape index (κ1) is 19.3. The number of thiophene rings is 1. The van der Waals surface area contributed by atoms with Crippen LogP contribution >= 0.6 is 11.3 Å². The average molecular weight is 409 g/mol. The largest absolute Gasteiger partial charge is 0.455 e. The molecule has 0 unspecified atom stereocenters. The van der Waals surface area contributed by atoms with Crippen LogP contribution in [0.15, 0.2) is 33.6 Å². The number of rotatable bonds is 6. The molecule has 3 rings (SSSR count). The summed E-state index contributed by atoms with van der Waals surface area (Å²) in [6.07, 6.45) is 0. The molecule has 0 saturated carbocycles. The van der Waals surface area contributed by atoms with Crippen LogP contribution in [0.25, 0.3) is 10.6 Å². The van der Waals surface area contributed by atoms with Gasteiger partial charge in [0.05, 0.1) is 16.3 Å². The number of furan rings is 1. The van der Waals surface area contributed by atoms with E-state index in [4.69, 9.17) is 4.42 Å². The SMILES string of the molecule is Cc1cc(-c2cc(S(=O)(=O)NCc3ccc(C(=O)N(C)C)o3)c(C)s2)n[nH]1. The van der Waals surface area contributed by atoms with Crippen LogP contribution in [-0.4, -0.2) is 43.5 Å². The van der Waals surface area contributed by atoms with E-state index in [1.54, 1.807) is 33.2 Å². The van der Waals surface area contributed by atoms with Gasteiger partial charge in [-0.1, -0.05) is 0 Å². The van der Waals surface area contributed by atoms with Gasteiger partial charge in [-0.25, -0.2) is 13.1 Å². The van der Waals surface area contributed by atoms with Gasteiger partial charge < -0.3 is 9.32 Å². The maximum absolute atomic E-state index is 12.7. The summed E-state index contributed by atoms with van der Waals surface area (Å²) in [7, 11) is -0.498. The number of H-pyrrole nitrogens is 1. The summed E-state index contributed by atoms with van der Waals surface area (Å²) in [5.74, 6) is 0.244. The molecule has 0 fully saturated rings. The van der Waals surface area contributed by atoms with Gasteiger partial charge in [0.2, 0.25) is 10.0 Å². The molecule has 0 aliphatic rings. The number of carbonyl (C=O) groups excluding carboxylic acids is 1. The quantitative estimate of drug-likeness (QED) is 0.652. The molecular formula is C17H20N4O4S2. The Kier molecular flexibility index (Phi) is 5.22. The molecule has 0 aliphatic heterocycles. The maximum atomic E-state index is 12.7. The number of carbonyl (C=O) groups is 1. The van der Waals surface area contributed by atoms with Gasteiger partial charge in [0.15, 0.2) is 5.76 Å². The molecule has 0 aliphatic carbocycles. The number of nitrogens with one attached hydrogen (secondary N) is 2. The monoisotopic (exact) mass is 408 g/mol. The van der Waals surface area contributed by atoms with Gasteiger partial charge in [-0.15, -0.1) is 11.3 Å². The van der Waals surface area contributed by atoms with E-state index in [9.17, 15) is 13.2 Å². The van der Waals surface area contributed by atoms with Crippen LogP contribution < -0.4 is 4.72 Å². The van der Waals surface area contributed by atoms with Crippen molar-refractivity contribution in [3.63, 3.8) is 0 Å². The zero-order valence-corrected chi connectivity index (χ0v) is 17.0. The number of aromatic nitrogens is 2. The van der Waals surface area contributed by atoms with Crippen molar-refractivity contribution in [3.05, 3.63) is 46.4 Å². The number of amides is 1. The van der Waals surface area contributed by atoms with Gasteiger partial charge in [0.1, 0.15) is 11.5 Å². The maximum Gasteiger partial charge on any atom is 0.289 e. The van der Waals surface area contributed by atoms with E-state index in [1.165, 1.54) is 22.3 Å². The lowest BCUT2D eigenvalue weighted by atomic mass is 10.3. The Labute approximate surface area is 161 Å². The fraction of sp³-hybridized carbons (Fsp3) is 0.294. The highest BCUT2D eigenvalue weighted by atomic mass is 32.2. The number of sulfonamides is 1. The summed E-state index contributed by atoms with van der Waals surface area (Å²) in [4.78, 5) is 14.9. The Balaban J connectivity index is 1.76. The van der Waals surface area contributed by atoms with Crippen LogP contribution in [-0.2, 0) is 16.6 Å². The van der Waals surface area contributed by atoms with E-state index in [-0.39, 0.29) is 23.1 Å². The minimum absolute atomic E-state index is 0.0465. The van der Waals surface area contributed by atoms with Crippen molar-refractivity contribution in [3.8, 4) is 10.6 Å². The molecule has 0 aromatic carbocycles. The normalized spacial score (nSPS) is 11.7. The second-order valence-electron chi connectivity index (χ2n) is 6.26. The van der Waals surface area contributed by atoms with E-state index >= 15 is 0 Å². The van der Waals surface area contributed by atoms with Gasteiger partial charge in [-0.2, -0.15) is 5.10 Å². The fourth-order valence-corrected chi connectivity index (χ4v) is 5.00. The minimum atomic E-state index is -3.73. The van der Waals surface area contributed by atoms with Crippen molar-refractivity contribution in [1.29, 1.82) is 0 Å². The second-order valence-corrected chi connectivity index (χ2v) is 9.25. The number of aromatic amines is 1. The number of nitrogens with zero attached hydrogens (tertiary/aromatic N) is 2. The summed E-state index contributed by atoms with van der Waals surface area (Å²) in [6, 6.07) is 6.58. The van der Waals surface area contributed by atoms with E-state index in [0.29, 0.717) is 16.3 Å². The van der Waals surface area contributed by atoms with Crippen molar-refractivity contribution in [2.45, 2.75) is 25.3 Å². The molecule has 10 heteroatoms. The lowest BCUT2D eigenvalue weighted by Gasteiger charge is -2.07. The standard InChI is InChI=1S/C17H20N4O4S2/c1-10-7-13(20-19-10)15-8-16(11(2)26-15)27(23,24)18-9-12-5-6-14(25-12)17(22)21(3)4/h5-8,18H,9H2,1-4H3,(H,19,20). The molecule has 0 spiro atoms. The topological polar surface area (TPSA) is 108 Å². The van der Waals surface area contributed by atoms with Crippen LogP contribution in [0.3, 0.4) is 0 Å². The minimum Gasteiger partial charge on any atom is -0.455 e. The van der Waals surface area contributed by atoms with Crippen LogP contribution in [0, 0.1) is 13.8 Å². The Bertz CT molecular complexity index is 1080. The number of hydrogen-bond donors (Lipinski definition) is 2. The van der Waals surface area contributed by atoms with E-state index in [2.05, 4.69) is 14.9 Å². The molecule has 144 valence electrons. The molecule has 0 radical (unpaired) electrons. The van der Waals surface area contributed by atoms with Crippen molar-refractivity contribution >= 4 is 27.3 Å². The first-order chi connectivity index (χ1) is 12.7. The molecular weight excluding hydrogens is 388 g/mol. The van der Waals surface area contributed by atoms with Crippen molar-refractivity contribution in [1.82, 2.24) is 19.8 Å². The van der Waals surface area contributed by atoms with Gasteiger partial charge >= 0.3 is 0 Å². The van der Waals surface area contributed by atoms with Crippen molar-refractivity contribution in [2.75, 3.05) is 14.1 Å². The van der Waals surface area contributed by atoms with Gasteiger partial charge in [0, 0.05) is 24.7 Å². The van der Waals surface area contributed by atoms with Crippen LogP contribution in [0.1, 0.15) is 26.9 Å². The second kappa shape index (κ2) is 7.29. The lowest BCUT2D eigenvalue weighted by molar-refractivity contribution is 0.0795. The lowest BCUT2D eigenvalue weighted by Crippen LogP contribution is -2.23. The van der Waals surface area contributed by atoms with Crippen molar-refractivity contribution in [2.24, 2.45) is 0 Å². The highest BCUT2D eigenvalue weighted by molar-refractivity contribution is 7.89. The predicted molar refractivity (Wildman–Crippen MR) is 102 cm³/mol. The summed E-state index contributed by atoms with van der Waals surface area (Å²) < 4.78 is 33.3. The molecule has 0 atom stereocenters. The molecule has 3 aromatic heterocycles. The van der Waals surface area contributed by atoms with Crippen LogP contribution in [0.2, 0.25) is 0 Å². The molecule has 0 bridgehead atoms. The zero-order chi connectivity index (χ0) is 19.8. The van der Waals surface area contributed by atoms with Gasteiger partial charge in [-0.3, -0.25) is 9.89 Å². The van der Waals surface area contributed by atoms with E-state index < -0.39 is 10.0 Å². The molecule has 3 aromatic rings. The Morgan fingerprint density at radius 2 is 2.04 bits per heavy atom. The van der Waals surface area contributed by atoms with Gasteiger partial charge in [0.25, 0.3) is 5.91 Å². The Hall–Kier alpha value is -2.43. The average Bonchev–Trinajstić information content (AvgIpc) is 3.31. The van der Waals surface area contributed by atoms with Crippen molar-refractivity contribution < 1.29 is 17.6 Å². The molecule has 2 N–H and O–H groups in total. The van der Waals surface area contributed by atoms with Crippen LogP contribution in [0.5, 0.6) is 0 Å². The fourth-order valence-electron chi connectivity index (χ4n) is 2.45. The van der Waals surface area contributed by atoms with E-state index in [0.717, 1.165) is 10.6 Å².